The normalized spacial score (nSPS) is 7.82. The topological polar surface area (TPSA) is 95.1 Å². The zero-order chi connectivity index (χ0) is 9.11. The Bertz CT molecular complexity index is 99.9. The highest BCUT2D eigenvalue weighted by Crippen LogP contribution is 1.77. The maximum absolute atomic E-state index is 9.47. The number of hydrogen-bond donors (Lipinski definition) is 3. The van der Waals surface area contributed by atoms with Gasteiger partial charge < -0.3 is 17.2 Å². The van der Waals surface area contributed by atoms with Crippen molar-refractivity contribution in [1.29, 1.82) is 0 Å². The van der Waals surface area contributed by atoms with Crippen molar-refractivity contribution >= 4 is 5.91 Å². The molecule has 1 amide bonds. The van der Waals surface area contributed by atoms with Crippen molar-refractivity contribution in [3.63, 3.8) is 0 Å². The Hall–Kier alpha value is -0.870. The van der Waals surface area contributed by atoms with E-state index in [1.807, 2.05) is 0 Å². The Morgan fingerprint density at radius 1 is 1.27 bits per heavy atom. The second-order valence-electron chi connectivity index (χ2n) is 1.89. The number of carbonyl (C=O) groups excluding carboxylic acids is 1. The van der Waals surface area contributed by atoms with E-state index in [1.54, 1.807) is 0 Å². The fourth-order valence-electron chi connectivity index (χ4n) is 0.289. The predicted molar refractivity (Wildman–Crippen MR) is 46.7 cm³/mol. The summed E-state index contributed by atoms with van der Waals surface area (Å²) in [5.41, 5.74) is 14.9. The first-order valence-electron chi connectivity index (χ1n) is 3.51. The molecule has 0 bridgehead atoms. The van der Waals surface area contributed by atoms with Gasteiger partial charge in [-0.25, -0.2) is 0 Å². The van der Waals surface area contributed by atoms with E-state index in [4.69, 9.17) is 11.5 Å². The summed E-state index contributed by atoms with van der Waals surface area (Å²) >= 11 is 0. The van der Waals surface area contributed by atoms with Gasteiger partial charge in [-0.05, 0) is 32.0 Å². The minimum absolute atomic E-state index is 0.481. The Kier molecular flexibility index (Phi) is 13.8. The van der Waals surface area contributed by atoms with Gasteiger partial charge in [-0.2, -0.15) is 0 Å². The molecule has 0 saturated carbocycles. The summed E-state index contributed by atoms with van der Waals surface area (Å²) in [6.45, 7) is 4.64. The van der Waals surface area contributed by atoms with Crippen LogP contribution in [0.15, 0.2) is 12.7 Å². The van der Waals surface area contributed by atoms with E-state index < -0.39 is 5.91 Å². The van der Waals surface area contributed by atoms with E-state index >= 15 is 0 Å². The molecule has 0 aromatic rings. The van der Waals surface area contributed by atoms with Crippen LogP contribution >= 0.6 is 0 Å². The maximum Gasteiger partial charge on any atom is 0.240 e. The molecule has 0 aliphatic rings. The lowest BCUT2D eigenvalue weighted by atomic mass is 10.3. The molecule has 0 atom stereocenters. The summed E-state index contributed by atoms with van der Waals surface area (Å²) in [7, 11) is 0. The van der Waals surface area contributed by atoms with Gasteiger partial charge in [0.05, 0.1) is 0 Å². The summed E-state index contributed by atoms with van der Waals surface area (Å²) in [6, 6.07) is 0. The average Bonchev–Trinajstić information content (AvgIpc) is 2.02. The Morgan fingerprint density at radius 3 is 1.64 bits per heavy atom. The van der Waals surface area contributed by atoms with Crippen LogP contribution in [0, 0.1) is 0 Å². The van der Waals surface area contributed by atoms with E-state index in [0.717, 1.165) is 32.0 Å². The fraction of sp³-hybridized carbons (Fsp3) is 0.571. The zero-order valence-corrected chi connectivity index (χ0v) is 6.75. The molecule has 66 valence electrons. The van der Waals surface area contributed by atoms with Crippen LogP contribution in [0.3, 0.4) is 0 Å². The van der Waals surface area contributed by atoms with Crippen molar-refractivity contribution in [3.8, 4) is 0 Å². The highest BCUT2D eigenvalue weighted by molar-refractivity contribution is 5.84. The van der Waals surface area contributed by atoms with Crippen LogP contribution in [-0.2, 0) is 4.79 Å². The highest BCUT2D eigenvalue weighted by atomic mass is 16.1. The molecule has 0 aromatic carbocycles. The number of nitrogens with two attached hydrogens (primary N) is 3. The van der Waals surface area contributed by atoms with Gasteiger partial charge in [0, 0.05) is 0 Å². The zero-order valence-electron chi connectivity index (χ0n) is 6.75. The van der Waals surface area contributed by atoms with Crippen LogP contribution in [0.5, 0.6) is 0 Å². The molecule has 0 spiro atoms. The van der Waals surface area contributed by atoms with Gasteiger partial charge in [0.1, 0.15) is 0 Å². The highest BCUT2D eigenvalue weighted by Gasteiger charge is 1.75. The van der Waals surface area contributed by atoms with Crippen LogP contribution in [0.1, 0.15) is 12.8 Å². The molecule has 11 heavy (non-hydrogen) atoms. The van der Waals surface area contributed by atoms with Gasteiger partial charge >= 0.3 is 0 Å². The monoisotopic (exact) mass is 159 g/mol. The van der Waals surface area contributed by atoms with Gasteiger partial charge in [-0.15, -0.1) is 0 Å². The quantitative estimate of drug-likeness (QED) is 0.375. The number of hydrogen-bond acceptors (Lipinski definition) is 3. The van der Waals surface area contributed by atoms with E-state index in [1.165, 1.54) is 0 Å². The molecule has 0 fully saturated rings. The molecule has 0 aromatic heterocycles. The van der Waals surface area contributed by atoms with Gasteiger partial charge in [0.15, 0.2) is 0 Å². The minimum Gasteiger partial charge on any atom is -0.366 e. The third-order valence-corrected chi connectivity index (χ3v) is 0.859. The Morgan fingerprint density at radius 2 is 1.55 bits per heavy atom. The number of unbranched alkanes of at least 4 members (excludes halogenated alkanes) is 1. The maximum atomic E-state index is 9.47. The summed E-state index contributed by atoms with van der Waals surface area (Å²) in [5.74, 6) is -0.481. The minimum atomic E-state index is -0.481. The van der Waals surface area contributed by atoms with Crippen molar-refractivity contribution in [3.05, 3.63) is 12.7 Å². The largest absolute Gasteiger partial charge is 0.366 e. The molecular weight excluding hydrogens is 142 g/mol. The molecule has 0 aliphatic heterocycles. The summed E-state index contributed by atoms with van der Waals surface area (Å²) in [4.78, 5) is 9.47. The first kappa shape index (κ1) is 12.8. The van der Waals surface area contributed by atoms with Gasteiger partial charge in [-0.3, -0.25) is 4.79 Å². The van der Waals surface area contributed by atoms with Crippen LogP contribution in [0.4, 0.5) is 0 Å². The number of amides is 1. The molecular formula is C7H17N3O. The van der Waals surface area contributed by atoms with Gasteiger partial charge in [0.25, 0.3) is 0 Å². The lowest BCUT2D eigenvalue weighted by molar-refractivity contribution is -0.113. The lowest BCUT2D eigenvalue weighted by Crippen LogP contribution is -2.04. The van der Waals surface area contributed by atoms with E-state index in [-0.39, 0.29) is 0 Å². The third-order valence-electron chi connectivity index (χ3n) is 0.859. The van der Waals surface area contributed by atoms with Crippen LogP contribution in [-0.4, -0.2) is 19.0 Å². The molecule has 4 heteroatoms. The van der Waals surface area contributed by atoms with Crippen molar-refractivity contribution < 1.29 is 4.79 Å². The van der Waals surface area contributed by atoms with Crippen molar-refractivity contribution in [2.75, 3.05) is 13.1 Å². The van der Waals surface area contributed by atoms with Crippen molar-refractivity contribution in [1.82, 2.24) is 0 Å². The molecule has 4 nitrogen and oxygen atoms in total. The second kappa shape index (κ2) is 11.9. The van der Waals surface area contributed by atoms with Gasteiger partial charge in [-0.1, -0.05) is 6.58 Å². The van der Waals surface area contributed by atoms with Crippen LogP contribution in [0.25, 0.3) is 0 Å². The number of carbonyl (C=O) groups is 1. The van der Waals surface area contributed by atoms with E-state index in [9.17, 15) is 4.79 Å². The molecule has 6 N–H and O–H groups in total. The summed E-state index contributed by atoms with van der Waals surface area (Å²) < 4.78 is 0. The summed E-state index contributed by atoms with van der Waals surface area (Å²) in [5, 5.41) is 0. The Labute approximate surface area is 67.4 Å². The fourth-order valence-corrected chi connectivity index (χ4v) is 0.289. The van der Waals surface area contributed by atoms with Gasteiger partial charge in [0.2, 0.25) is 5.91 Å². The van der Waals surface area contributed by atoms with E-state index in [2.05, 4.69) is 12.3 Å². The standard InChI is InChI=1S/C4H12N2.C3H5NO/c5-3-1-2-4-6;1-2-3(4)5/h1-6H2;2H,1H2,(H2,4,5). The Balaban J connectivity index is 0. The lowest BCUT2D eigenvalue weighted by Gasteiger charge is -1.87. The number of primary amides is 1. The van der Waals surface area contributed by atoms with E-state index in [0.29, 0.717) is 0 Å². The van der Waals surface area contributed by atoms with Crippen LogP contribution in [0.2, 0.25) is 0 Å². The molecule has 0 aliphatic carbocycles. The molecule has 0 saturated heterocycles. The molecule has 0 heterocycles. The average molecular weight is 159 g/mol. The molecule has 0 rings (SSSR count). The smallest absolute Gasteiger partial charge is 0.240 e. The van der Waals surface area contributed by atoms with Crippen molar-refractivity contribution in [2.24, 2.45) is 17.2 Å². The first-order chi connectivity index (χ1) is 5.18. The SMILES string of the molecule is C=CC(N)=O.NCCCCN. The number of rotatable bonds is 4. The summed E-state index contributed by atoms with van der Waals surface area (Å²) in [6.07, 6.45) is 3.19. The predicted octanol–water partition coefficient (Wildman–Crippen LogP) is -0.658. The first-order valence-corrected chi connectivity index (χ1v) is 3.51. The third kappa shape index (κ3) is 27.2. The second-order valence-corrected chi connectivity index (χ2v) is 1.89. The molecule has 0 unspecified atom stereocenters. The van der Waals surface area contributed by atoms with Crippen LogP contribution < -0.4 is 17.2 Å². The molecule has 0 radical (unpaired) electrons. The van der Waals surface area contributed by atoms with Crippen molar-refractivity contribution in [2.45, 2.75) is 12.8 Å².